The lowest BCUT2D eigenvalue weighted by Crippen LogP contribution is -2.60. The molecule has 0 aromatic heterocycles. The SMILES string of the molecule is CCCCC[C@@H](O)[C@@H](O)[C@H](COC1OC(CO)C(O)C(O)C1O)NC(=O)CCc1ccc(OC)cc1. The van der Waals surface area contributed by atoms with Crippen molar-refractivity contribution in [3.8, 4) is 5.75 Å². The topological polar surface area (TPSA) is 178 Å². The molecule has 0 aliphatic carbocycles. The first-order valence-corrected chi connectivity index (χ1v) is 12.4. The first-order chi connectivity index (χ1) is 17.2. The minimum atomic E-state index is -1.62. The number of unbranched alkanes of at least 4 members (excludes halogenated alkanes) is 2. The monoisotopic (exact) mass is 515 g/mol. The molecule has 1 aliphatic heterocycles. The quantitative estimate of drug-likeness (QED) is 0.147. The van der Waals surface area contributed by atoms with Crippen molar-refractivity contribution >= 4 is 5.91 Å². The number of rotatable bonds is 15. The average Bonchev–Trinajstić information content (AvgIpc) is 2.89. The minimum absolute atomic E-state index is 0.113. The Labute approximate surface area is 211 Å². The van der Waals surface area contributed by atoms with E-state index in [9.17, 15) is 35.4 Å². The van der Waals surface area contributed by atoms with Gasteiger partial charge in [0.05, 0.1) is 32.5 Å². The van der Waals surface area contributed by atoms with Crippen molar-refractivity contribution in [1.29, 1.82) is 0 Å². The van der Waals surface area contributed by atoms with Gasteiger partial charge < -0.3 is 50.2 Å². The number of amides is 1. The summed E-state index contributed by atoms with van der Waals surface area (Å²) in [5.41, 5.74) is 0.917. The van der Waals surface area contributed by atoms with Gasteiger partial charge in [0.2, 0.25) is 5.91 Å². The van der Waals surface area contributed by atoms with Gasteiger partial charge in [0.15, 0.2) is 6.29 Å². The largest absolute Gasteiger partial charge is 0.497 e. The van der Waals surface area contributed by atoms with Crippen LogP contribution in [0, 0.1) is 0 Å². The van der Waals surface area contributed by atoms with Crippen molar-refractivity contribution in [1.82, 2.24) is 5.32 Å². The van der Waals surface area contributed by atoms with Gasteiger partial charge in [-0.1, -0.05) is 38.3 Å². The van der Waals surface area contributed by atoms with Crippen molar-refractivity contribution < 1.29 is 49.6 Å². The molecule has 1 aromatic carbocycles. The van der Waals surface area contributed by atoms with E-state index in [1.165, 1.54) is 0 Å². The predicted molar refractivity (Wildman–Crippen MR) is 129 cm³/mol. The summed E-state index contributed by atoms with van der Waals surface area (Å²) < 4.78 is 16.0. The van der Waals surface area contributed by atoms with Crippen LogP contribution < -0.4 is 10.1 Å². The van der Waals surface area contributed by atoms with Gasteiger partial charge in [-0.05, 0) is 30.5 Å². The number of carbonyl (C=O) groups is 1. The van der Waals surface area contributed by atoms with Gasteiger partial charge in [0.1, 0.15) is 36.3 Å². The van der Waals surface area contributed by atoms with E-state index in [0.29, 0.717) is 25.0 Å². The standard InChI is InChI=1S/C25H41NO10/c1-3-4-5-6-18(28)21(30)17(14-35-25-24(33)23(32)22(31)19(13-27)36-25)26-20(29)12-9-15-7-10-16(34-2)11-8-15/h7-8,10-11,17-19,21-25,27-28,30-33H,3-6,9,12-14H2,1-2H3,(H,26,29)/t17-,18+,19?,21-,22?,23?,24?,25?/m0/s1. The molecule has 5 unspecified atom stereocenters. The molecule has 1 amide bonds. The van der Waals surface area contributed by atoms with Gasteiger partial charge in [-0.25, -0.2) is 0 Å². The first kappa shape index (κ1) is 30.4. The van der Waals surface area contributed by atoms with Crippen LogP contribution in [-0.2, 0) is 20.7 Å². The van der Waals surface area contributed by atoms with Crippen molar-refractivity contribution in [2.45, 2.75) is 94.4 Å². The van der Waals surface area contributed by atoms with E-state index in [1.54, 1.807) is 19.2 Å². The number of aliphatic hydroxyl groups excluding tert-OH is 6. The molecule has 7 N–H and O–H groups in total. The molecule has 1 aliphatic rings. The molecule has 0 spiro atoms. The highest BCUT2D eigenvalue weighted by molar-refractivity contribution is 5.76. The van der Waals surface area contributed by atoms with E-state index in [2.05, 4.69) is 5.32 Å². The molecule has 1 fully saturated rings. The molecule has 1 heterocycles. The van der Waals surface area contributed by atoms with Crippen molar-refractivity contribution in [3.63, 3.8) is 0 Å². The third-order valence-corrected chi connectivity index (χ3v) is 6.34. The highest BCUT2D eigenvalue weighted by Crippen LogP contribution is 2.22. The van der Waals surface area contributed by atoms with E-state index in [0.717, 1.165) is 18.4 Å². The van der Waals surface area contributed by atoms with Gasteiger partial charge >= 0.3 is 0 Å². The smallest absolute Gasteiger partial charge is 0.220 e. The van der Waals surface area contributed by atoms with Crippen LogP contribution in [0.3, 0.4) is 0 Å². The maximum Gasteiger partial charge on any atom is 0.220 e. The van der Waals surface area contributed by atoms with Crippen LogP contribution in [0.25, 0.3) is 0 Å². The van der Waals surface area contributed by atoms with Gasteiger partial charge in [0, 0.05) is 6.42 Å². The molecule has 1 saturated heterocycles. The van der Waals surface area contributed by atoms with Crippen LogP contribution in [0.15, 0.2) is 24.3 Å². The molecule has 36 heavy (non-hydrogen) atoms. The molecular weight excluding hydrogens is 474 g/mol. The lowest BCUT2D eigenvalue weighted by Gasteiger charge is -2.40. The molecule has 206 valence electrons. The third kappa shape index (κ3) is 8.93. The Balaban J connectivity index is 2.01. The Morgan fingerprint density at radius 3 is 2.39 bits per heavy atom. The van der Waals surface area contributed by atoms with Crippen LogP contribution in [0.4, 0.5) is 0 Å². The Hall–Kier alpha value is -1.83. The highest BCUT2D eigenvalue weighted by atomic mass is 16.7. The second-order valence-electron chi connectivity index (χ2n) is 9.11. The van der Waals surface area contributed by atoms with Crippen molar-refractivity contribution in [2.75, 3.05) is 20.3 Å². The summed E-state index contributed by atoms with van der Waals surface area (Å²) in [6.07, 6.45) is -6.47. The van der Waals surface area contributed by atoms with Crippen LogP contribution in [-0.4, -0.2) is 106 Å². The summed E-state index contributed by atoms with van der Waals surface area (Å²) in [5, 5.41) is 63.4. The Morgan fingerprint density at radius 2 is 1.78 bits per heavy atom. The highest BCUT2D eigenvalue weighted by Gasteiger charge is 2.44. The summed E-state index contributed by atoms with van der Waals surface area (Å²) >= 11 is 0. The van der Waals surface area contributed by atoms with Gasteiger partial charge in [-0.15, -0.1) is 0 Å². The third-order valence-electron chi connectivity index (χ3n) is 6.34. The fourth-order valence-electron chi connectivity index (χ4n) is 4.00. The maximum atomic E-state index is 12.7. The number of aryl methyl sites for hydroxylation is 1. The molecule has 1 aromatic rings. The number of nitrogens with one attached hydrogen (secondary N) is 1. The molecule has 0 saturated carbocycles. The zero-order chi connectivity index (χ0) is 26.7. The first-order valence-electron chi connectivity index (χ1n) is 12.4. The number of hydrogen-bond donors (Lipinski definition) is 7. The molecule has 11 heteroatoms. The maximum absolute atomic E-state index is 12.7. The Morgan fingerprint density at radius 1 is 1.08 bits per heavy atom. The number of aliphatic hydroxyl groups is 6. The van der Waals surface area contributed by atoms with Crippen LogP contribution in [0.1, 0.15) is 44.6 Å². The van der Waals surface area contributed by atoms with E-state index in [-0.39, 0.29) is 18.9 Å². The molecular formula is C25H41NO10. The fourth-order valence-corrected chi connectivity index (χ4v) is 4.00. The van der Waals surface area contributed by atoms with Gasteiger partial charge in [-0.3, -0.25) is 4.79 Å². The zero-order valence-corrected chi connectivity index (χ0v) is 20.9. The fraction of sp³-hybridized carbons (Fsp3) is 0.720. The molecule has 0 radical (unpaired) electrons. The van der Waals surface area contributed by atoms with E-state index < -0.39 is 55.6 Å². The number of benzene rings is 1. The van der Waals surface area contributed by atoms with E-state index in [4.69, 9.17) is 14.2 Å². The van der Waals surface area contributed by atoms with E-state index in [1.807, 2.05) is 19.1 Å². The second-order valence-corrected chi connectivity index (χ2v) is 9.11. The average molecular weight is 516 g/mol. The van der Waals surface area contributed by atoms with Crippen LogP contribution in [0.2, 0.25) is 0 Å². The van der Waals surface area contributed by atoms with Gasteiger partial charge in [-0.2, -0.15) is 0 Å². The number of ether oxygens (including phenoxy) is 3. The zero-order valence-electron chi connectivity index (χ0n) is 20.9. The van der Waals surface area contributed by atoms with Gasteiger partial charge in [0.25, 0.3) is 0 Å². The van der Waals surface area contributed by atoms with Crippen molar-refractivity contribution in [2.24, 2.45) is 0 Å². The summed E-state index contributed by atoms with van der Waals surface area (Å²) in [6, 6.07) is 6.23. The Bertz CT molecular complexity index is 762. The lowest BCUT2D eigenvalue weighted by molar-refractivity contribution is -0.303. The lowest BCUT2D eigenvalue weighted by atomic mass is 9.99. The number of methoxy groups -OCH3 is 1. The molecule has 8 atom stereocenters. The van der Waals surface area contributed by atoms with Crippen LogP contribution >= 0.6 is 0 Å². The normalized spacial score (nSPS) is 26.7. The summed E-state index contributed by atoms with van der Waals surface area (Å²) in [5.74, 6) is 0.321. The Kier molecular flexibility index (Phi) is 13.0. The number of hydrogen-bond acceptors (Lipinski definition) is 10. The van der Waals surface area contributed by atoms with E-state index >= 15 is 0 Å². The molecule has 2 rings (SSSR count). The van der Waals surface area contributed by atoms with Crippen molar-refractivity contribution in [3.05, 3.63) is 29.8 Å². The minimum Gasteiger partial charge on any atom is -0.497 e. The number of carbonyl (C=O) groups excluding carboxylic acids is 1. The predicted octanol–water partition coefficient (Wildman–Crippen LogP) is -0.769. The summed E-state index contributed by atoms with van der Waals surface area (Å²) in [7, 11) is 1.57. The van der Waals surface area contributed by atoms with Crippen LogP contribution in [0.5, 0.6) is 5.75 Å². The second kappa shape index (κ2) is 15.4. The summed E-state index contributed by atoms with van der Waals surface area (Å²) in [6.45, 7) is 1.04. The molecule has 11 nitrogen and oxygen atoms in total. The molecule has 0 bridgehead atoms. The summed E-state index contributed by atoms with van der Waals surface area (Å²) in [4.78, 5) is 12.7.